The molecule has 2 heteroatoms. The van der Waals surface area contributed by atoms with Gasteiger partial charge < -0.3 is 0 Å². The third-order valence-corrected chi connectivity index (χ3v) is 1.41. The molecule has 0 fully saturated rings. The molecule has 0 rings (SSSR count). The highest BCUT2D eigenvalue weighted by Gasteiger charge is 1.73. The lowest BCUT2D eigenvalue weighted by molar-refractivity contribution is 1.74. The molecule has 0 bridgehead atoms. The fourth-order valence-corrected chi connectivity index (χ4v) is 0.704. The zero-order chi connectivity index (χ0) is 5.54. The van der Waals surface area contributed by atoms with Crippen LogP contribution in [0.1, 0.15) is 0 Å². The van der Waals surface area contributed by atoms with Gasteiger partial charge in [-0.15, -0.1) is 25.6 Å². The van der Waals surface area contributed by atoms with Gasteiger partial charge >= 0.3 is 0 Å². The molecular weight excluding hydrogens is 140 g/mol. The number of thioether (sulfide) groups is 1. The molecule has 0 unspecified atom stereocenters. The molecule has 0 aliphatic rings. The van der Waals surface area contributed by atoms with Crippen molar-refractivity contribution in [3.05, 3.63) is 25.3 Å². The van der Waals surface area contributed by atoms with E-state index in [1.807, 2.05) is 23.9 Å². The normalized spacial score (nSPS) is 7.00. The summed E-state index contributed by atoms with van der Waals surface area (Å²) in [6.45, 7) is 7.15. The zero-order valence-corrected chi connectivity index (χ0v) is 6.43. The molecule has 0 saturated carbocycles. The summed E-state index contributed by atoms with van der Waals surface area (Å²) in [5.41, 5.74) is 0. The molecule has 0 aliphatic heterocycles. The second-order valence-electron chi connectivity index (χ2n) is 1.11. The molecule has 8 heavy (non-hydrogen) atoms. The second-order valence-corrected chi connectivity index (χ2v) is 2.19. The van der Waals surface area contributed by atoms with Crippen molar-refractivity contribution in [1.29, 1.82) is 0 Å². The van der Waals surface area contributed by atoms with Crippen molar-refractivity contribution in [3.63, 3.8) is 0 Å². The summed E-state index contributed by atoms with van der Waals surface area (Å²) in [7, 11) is 0. The number of halogens is 1. The van der Waals surface area contributed by atoms with Gasteiger partial charge in [-0.1, -0.05) is 12.2 Å². The van der Waals surface area contributed by atoms with Gasteiger partial charge in [-0.2, -0.15) is 11.8 Å². The average molecular weight is 151 g/mol. The van der Waals surface area contributed by atoms with Crippen LogP contribution in [0.5, 0.6) is 0 Å². The van der Waals surface area contributed by atoms with E-state index in [-0.39, 0.29) is 12.4 Å². The Hall–Kier alpha value is 0.120. The smallest absolute Gasteiger partial charge is 0.0113 e. The lowest BCUT2D eigenvalue weighted by Crippen LogP contribution is -1.69. The number of hydrogen-bond acceptors (Lipinski definition) is 1. The van der Waals surface area contributed by atoms with E-state index in [1.165, 1.54) is 0 Å². The minimum Gasteiger partial charge on any atom is -0.154 e. The maximum atomic E-state index is 3.58. The standard InChI is InChI=1S/C6H10S.ClH/c1-3-5-7-6-4-2;/h3-4H,1-2,5-6H2;1H. The molecule has 48 valence electrons. The Morgan fingerprint density at radius 2 is 1.50 bits per heavy atom. The Balaban J connectivity index is 0. The Morgan fingerprint density at radius 1 is 1.12 bits per heavy atom. The first kappa shape index (κ1) is 11.0. The van der Waals surface area contributed by atoms with E-state index in [1.54, 1.807) is 0 Å². The molecule has 0 saturated heterocycles. The molecule has 0 radical (unpaired) electrons. The van der Waals surface area contributed by atoms with Crippen molar-refractivity contribution >= 4 is 24.2 Å². The van der Waals surface area contributed by atoms with Gasteiger partial charge in [0, 0.05) is 11.5 Å². The van der Waals surface area contributed by atoms with Crippen molar-refractivity contribution in [1.82, 2.24) is 0 Å². The van der Waals surface area contributed by atoms with Crippen molar-refractivity contribution in [2.75, 3.05) is 11.5 Å². The molecule has 0 aromatic rings. The first-order valence-corrected chi connectivity index (χ1v) is 3.37. The van der Waals surface area contributed by atoms with Crippen LogP contribution in [0.2, 0.25) is 0 Å². The van der Waals surface area contributed by atoms with E-state index < -0.39 is 0 Å². The highest BCUT2D eigenvalue weighted by molar-refractivity contribution is 7.99. The molecule has 0 atom stereocenters. The SMILES string of the molecule is C=CCSCC=C.Cl. The Morgan fingerprint density at radius 3 is 1.75 bits per heavy atom. The van der Waals surface area contributed by atoms with Crippen LogP contribution in [0.4, 0.5) is 0 Å². The van der Waals surface area contributed by atoms with Gasteiger partial charge in [0.25, 0.3) is 0 Å². The molecule has 0 heterocycles. The van der Waals surface area contributed by atoms with Crippen LogP contribution in [-0.2, 0) is 0 Å². The highest BCUT2D eigenvalue weighted by atomic mass is 35.5. The van der Waals surface area contributed by atoms with Gasteiger partial charge in [0.05, 0.1) is 0 Å². The topological polar surface area (TPSA) is 0 Å². The lowest BCUT2D eigenvalue weighted by atomic mass is 10.8. The number of hydrogen-bond donors (Lipinski definition) is 0. The fraction of sp³-hybridized carbons (Fsp3) is 0.333. The molecule has 0 spiro atoms. The average Bonchev–Trinajstić information content (AvgIpc) is 1.69. The predicted molar refractivity (Wildman–Crippen MR) is 45.0 cm³/mol. The quantitative estimate of drug-likeness (QED) is 0.439. The Labute approximate surface area is 61.5 Å². The summed E-state index contributed by atoms with van der Waals surface area (Å²) in [6.07, 6.45) is 3.79. The fourth-order valence-electron chi connectivity index (χ4n) is 0.235. The zero-order valence-electron chi connectivity index (χ0n) is 4.80. The van der Waals surface area contributed by atoms with Gasteiger partial charge in [-0.05, 0) is 0 Å². The van der Waals surface area contributed by atoms with Crippen molar-refractivity contribution < 1.29 is 0 Å². The van der Waals surface area contributed by atoms with Crippen LogP contribution >= 0.6 is 24.2 Å². The maximum Gasteiger partial charge on any atom is 0.0113 e. The maximum absolute atomic E-state index is 3.58. The van der Waals surface area contributed by atoms with Gasteiger partial charge in [-0.3, -0.25) is 0 Å². The number of rotatable bonds is 4. The van der Waals surface area contributed by atoms with Gasteiger partial charge in [-0.25, -0.2) is 0 Å². The summed E-state index contributed by atoms with van der Waals surface area (Å²) in [5.74, 6) is 2.07. The van der Waals surface area contributed by atoms with Crippen LogP contribution in [0.15, 0.2) is 25.3 Å². The Kier molecular flexibility index (Phi) is 14.0. The van der Waals surface area contributed by atoms with Gasteiger partial charge in [0.2, 0.25) is 0 Å². The first-order chi connectivity index (χ1) is 3.41. The minimum absolute atomic E-state index is 0. The molecule has 0 N–H and O–H groups in total. The first-order valence-electron chi connectivity index (χ1n) is 2.21. The third-order valence-electron chi connectivity index (χ3n) is 0.471. The van der Waals surface area contributed by atoms with Gasteiger partial charge in [0.1, 0.15) is 0 Å². The van der Waals surface area contributed by atoms with Crippen LogP contribution in [0.3, 0.4) is 0 Å². The largest absolute Gasteiger partial charge is 0.154 e. The van der Waals surface area contributed by atoms with Crippen LogP contribution in [-0.4, -0.2) is 11.5 Å². The van der Waals surface area contributed by atoms with E-state index in [0.29, 0.717) is 0 Å². The lowest BCUT2D eigenvalue weighted by Gasteiger charge is -1.85. The van der Waals surface area contributed by atoms with E-state index in [0.717, 1.165) is 11.5 Å². The molecule has 0 aromatic carbocycles. The summed E-state index contributed by atoms with van der Waals surface area (Å²) in [5, 5.41) is 0. The summed E-state index contributed by atoms with van der Waals surface area (Å²) < 4.78 is 0. The third kappa shape index (κ3) is 9.45. The highest BCUT2D eigenvalue weighted by Crippen LogP contribution is 1.97. The van der Waals surface area contributed by atoms with Crippen molar-refractivity contribution in [2.45, 2.75) is 0 Å². The Bertz CT molecular complexity index is 53.5. The van der Waals surface area contributed by atoms with Gasteiger partial charge in [0.15, 0.2) is 0 Å². The van der Waals surface area contributed by atoms with E-state index >= 15 is 0 Å². The summed E-state index contributed by atoms with van der Waals surface area (Å²) in [4.78, 5) is 0. The predicted octanol–water partition coefficient (Wildman–Crippen LogP) is 2.51. The summed E-state index contributed by atoms with van der Waals surface area (Å²) >= 11 is 1.82. The van der Waals surface area contributed by atoms with Crippen LogP contribution in [0.25, 0.3) is 0 Å². The van der Waals surface area contributed by atoms with Crippen LogP contribution < -0.4 is 0 Å². The van der Waals surface area contributed by atoms with E-state index in [2.05, 4.69) is 13.2 Å². The van der Waals surface area contributed by atoms with Crippen LogP contribution in [0, 0.1) is 0 Å². The molecule has 0 aromatic heterocycles. The van der Waals surface area contributed by atoms with Crippen molar-refractivity contribution in [3.8, 4) is 0 Å². The monoisotopic (exact) mass is 150 g/mol. The molecule has 0 nitrogen and oxygen atoms in total. The van der Waals surface area contributed by atoms with Crippen molar-refractivity contribution in [2.24, 2.45) is 0 Å². The molecule has 0 aliphatic carbocycles. The summed E-state index contributed by atoms with van der Waals surface area (Å²) in [6, 6.07) is 0. The molecule has 0 amide bonds. The van der Waals surface area contributed by atoms with E-state index in [4.69, 9.17) is 0 Å². The second kappa shape index (κ2) is 10.2. The molecular formula is C6H11ClS. The minimum atomic E-state index is 0. The van der Waals surface area contributed by atoms with E-state index in [9.17, 15) is 0 Å².